The van der Waals surface area contributed by atoms with E-state index in [0.717, 1.165) is 10.4 Å². The predicted octanol–water partition coefficient (Wildman–Crippen LogP) is 4.61. The number of halogens is 1. The molecule has 1 aromatic heterocycles. The average Bonchev–Trinajstić information content (AvgIpc) is 3.35. The topological polar surface area (TPSA) is 71.1 Å². The Kier molecular flexibility index (Phi) is 9.42. The average molecular weight is 486 g/mol. The van der Waals surface area contributed by atoms with E-state index >= 15 is 0 Å². The Balaban J connectivity index is 1.74. The van der Waals surface area contributed by atoms with Crippen LogP contribution in [0.15, 0.2) is 66.0 Å². The van der Waals surface area contributed by atoms with Gasteiger partial charge in [0.2, 0.25) is 5.91 Å². The number of rotatable bonds is 11. The van der Waals surface area contributed by atoms with Gasteiger partial charge in [-0.2, -0.15) is 0 Å². The first-order chi connectivity index (χ1) is 16.5. The van der Waals surface area contributed by atoms with Gasteiger partial charge < -0.3 is 24.6 Å². The van der Waals surface area contributed by atoms with E-state index in [1.807, 2.05) is 17.5 Å². The number of anilines is 1. The SMILES string of the molecule is COCCN(CC(=O)N(Cc1ccc(F)cc1)Cc1cccs1)C(=O)Nc1cccc(OC)c1. The van der Waals surface area contributed by atoms with Gasteiger partial charge in [-0.15, -0.1) is 11.3 Å². The van der Waals surface area contributed by atoms with Crippen LogP contribution in [0.2, 0.25) is 0 Å². The summed E-state index contributed by atoms with van der Waals surface area (Å²) >= 11 is 1.55. The molecule has 0 spiro atoms. The number of methoxy groups -OCH3 is 2. The minimum atomic E-state index is -0.420. The van der Waals surface area contributed by atoms with Gasteiger partial charge in [0.1, 0.15) is 18.1 Å². The van der Waals surface area contributed by atoms with E-state index < -0.39 is 6.03 Å². The first-order valence-electron chi connectivity index (χ1n) is 10.7. The Labute approximate surface area is 202 Å². The summed E-state index contributed by atoms with van der Waals surface area (Å²) in [4.78, 5) is 30.4. The van der Waals surface area contributed by atoms with Crippen LogP contribution in [-0.4, -0.2) is 55.7 Å². The summed E-state index contributed by atoms with van der Waals surface area (Å²) in [7, 11) is 3.09. The molecule has 0 saturated carbocycles. The summed E-state index contributed by atoms with van der Waals surface area (Å²) in [5.41, 5.74) is 1.36. The number of carbonyl (C=O) groups excluding carboxylic acids is 2. The summed E-state index contributed by atoms with van der Waals surface area (Å²) in [6.45, 7) is 1.07. The first kappa shape index (κ1) is 25.2. The van der Waals surface area contributed by atoms with E-state index in [0.29, 0.717) is 24.5 Å². The molecule has 1 heterocycles. The van der Waals surface area contributed by atoms with Crippen LogP contribution in [0, 0.1) is 5.82 Å². The van der Waals surface area contributed by atoms with Gasteiger partial charge in [0.05, 0.1) is 20.3 Å². The Morgan fingerprint density at radius 3 is 2.47 bits per heavy atom. The van der Waals surface area contributed by atoms with Gasteiger partial charge in [0.15, 0.2) is 0 Å². The monoisotopic (exact) mass is 485 g/mol. The van der Waals surface area contributed by atoms with Crippen LogP contribution in [0.5, 0.6) is 5.75 Å². The number of hydrogen-bond donors (Lipinski definition) is 1. The van der Waals surface area contributed by atoms with Crippen molar-refractivity contribution in [1.82, 2.24) is 9.80 Å². The second kappa shape index (κ2) is 12.7. The Hall–Kier alpha value is -3.43. The van der Waals surface area contributed by atoms with Crippen molar-refractivity contribution in [2.75, 3.05) is 39.2 Å². The van der Waals surface area contributed by atoms with Crippen molar-refractivity contribution in [2.24, 2.45) is 0 Å². The zero-order valence-corrected chi connectivity index (χ0v) is 20.0. The maximum atomic E-state index is 13.3. The van der Waals surface area contributed by atoms with Crippen molar-refractivity contribution >= 4 is 29.0 Å². The van der Waals surface area contributed by atoms with Gasteiger partial charge in [-0.1, -0.05) is 24.3 Å². The molecular formula is C25H28FN3O4S. The van der Waals surface area contributed by atoms with Crippen molar-refractivity contribution in [3.05, 3.63) is 82.3 Å². The van der Waals surface area contributed by atoms with E-state index in [4.69, 9.17) is 9.47 Å². The second-order valence-electron chi connectivity index (χ2n) is 7.53. The predicted molar refractivity (Wildman–Crippen MR) is 130 cm³/mol. The standard InChI is InChI=1S/C25H28FN3O4S/c1-32-13-12-28(25(31)27-21-5-3-6-22(15-21)33-2)18-24(30)29(17-23-7-4-14-34-23)16-19-8-10-20(26)11-9-19/h3-11,14-15H,12-13,16-18H2,1-2H3,(H,27,31). The van der Waals surface area contributed by atoms with Gasteiger partial charge in [0, 0.05) is 36.8 Å². The van der Waals surface area contributed by atoms with E-state index in [-0.39, 0.29) is 31.4 Å². The summed E-state index contributed by atoms with van der Waals surface area (Å²) < 4.78 is 23.7. The van der Waals surface area contributed by atoms with Crippen LogP contribution in [-0.2, 0) is 22.6 Å². The van der Waals surface area contributed by atoms with Crippen LogP contribution in [0.25, 0.3) is 0 Å². The maximum absolute atomic E-state index is 13.3. The number of nitrogens with zero attached hydrogens (tertiary/aromatic N) is 2. The molecule has 0 radical (unpaired) electrons. The summed E-state index contributed by atoms with van der Waals surface area (Å²) in [6, 6.07) is 16.5. The lowest BCUT2D eigenvalue weighted by Gasteiger charge is -2.27. The molecule has 9 heteroatoms. The van der Waals surface area contributed by atoms with Crippen molar-refractivity contribution < 1.29 is 23.5 Å². The highest BCUT2D eigenvalue weighted by Crippen LogP contribution is 2.18. The normalized spacial score (nSPS) is 10.6. The fourth-order valence-corrected chi connectivity index (χ4v) is 3.97. The Morgan fingerprint density at radius 1 is 1.00 bits per heavy atom. The fourth-order valence-electron chi connectivity index (χ4n) is 3.25. The number of thiophene rings is 1. The highest BCUT2D eigenvalue weighted by atomic mass is 32.1. The number of benzene rings is 2. The third-order valence-electron chi connectivity index (χ3n) is 5.07. The fraction of sp³-hybridized carbons (Fsp3) is 0.280. The zero-order valence-electron chi connectivity index (χ0n) is 19.2. The summed E-state index contributed by atoms with van der Waals surface area (Å²) in [5.74, 6) is 0.0493. The van der Waals surface area contributed by atoms with Gasteiger partial charge in [0.25, 0.3) is 0 Å². The number of amides is 3. The largest absolute Gasteiger partial charge is 0.497 e. The van der Waals surface area contributed by atoms with Crippen molar-refractivity contribution in [1.29, 1.82) is 0 Å². The molecule has 0 bridgehead atoms. The summed E-state index contributed by atoms with van der Waals surface area (Å²) in [5, 5.41) is 4.76. The van der Waals surface area contributed by atoms with E-state index in [2.05, 4.69) is 5.32 Å². The van der Waals surface area contributed by atoms with Crippen molar-refractivity contribution in [3.8, 4) is 5.75 Å². The van der Waals surface area contributed by atoms with Gasteiger partial charge in [-0.05, 0) is 41.3 Å². The van der Waals surface area contributed by atoms with Crippen LogP contribution in [0.3, 0.4) is 0 Å². The molecule has 0 unspecified atom stereocenters. The minimum absolute atomic E-state index is 0.133. The smallest absolute Gasteiger partial charge is 0.322 e. The van der Waals surface area contributed by atoms with E-state index in [1.165, 1.54) is 24.1 Å². The van der Waals surface area contributed by atoms with Gasteiger partial charge in [-0.25, -0.2) is 9.18 Å². The number of hydrogen-bond acceptors (Lipinski definition) is 5. The molecule has 0 aliphatic carbocycles. The quantitative estimate of drug-likeness (QED) is 0.431. The van der Waals surface area contributed by atoms with Crippen LogP contribution < -0.4 is 10.1 Å². The number of carbonyl (C=O) groups is 2. The molecule has 1 N–H and O–H groups in total. The third kappa shape index (κ3) is 7.57. The number of urea groups is 1. The molecule has 0 saturated heterocycles. The molecule has 3 aromatic rings. The Morgan fingerprint density at radius 2 is 1.79 bits per heavy atom. The molecule has 0 aliphatic heterocycles. The lowest BCUT2D eigenvalue weighted by atomic mass is 10.2. The number of nitrogens with one attached hydrogen (secondary N) is 1. The highest BCUT2D eigenvalue weighted by molar-refractivity contribution is 7.09. The minimum Gasteiger partial charge on any atom is -0.497 e. The first-order valence-corrected chi connectivity index (χ1v) is 11.6. The van der Waals surface area contributed by atoms with E-state index in [1.54, 1.807) is 59.7 Å². The van der Waals surface area contributed by atoms with Crippen LogP contribution >= 0.6 is 11.3 Å². The molecule has 180 valence electrons. The van der Waals surface area contributed by atoms with Gasteiger partial charge in [-0.3, -0.25) is 4.79 Å². The highest BCUT2D eigenvalue weighted by Gasteiger charge is 2.22. The van der Waals surface area contributed by atoms with E-state index in [9.17, 15) is 14.0 Å². The molecular weight excluding hydrogens is 457 g/mol. The molecule has 0 fully saturated rings. The molecule has 3 rings (SSSR count). The van der Waals surface area contributed by atoms with Crippen molar-refractivity contribution in [3.63, 3.8) is 0 Å². The summed E-state index contributed by atoms with van der Waals surface area (Å²) in [6.07, 6.45) is 0. The molecule has 7 nitrogen and oxygen atoms in total. The zero-order chi connectivity index (χ0) is 24.3. The maximum Gasteiger partial charge on any atom is 0.322 e. The molecule has 0 atom stereocenters. The van der Waals surface area contributed by atoms with Crippen LogP contribution in [0.4, 0.5) is 14.9 Å². The molecule has 0 aliphatic rings. The molecule has 3 amide bonds. The van der Waals surface area contributed by atoms with Gasteiger partial charge >= 0.3 is 6.03 Å². The lowest BCUT2D eigenvalue weighted by Crippen LogP contribution is -2.45. The lowest BCUT2D eigenvalue weighted by molar-refractivity contribution is -0.133. The third-order valence-corrected chi connectivity index (χ3v) is 5.93. The second-order valence-corrected chi connectivity index (χ2v) is 8.56. The molecule has 34 heavy (non-hydrogen) atoms. The van der Waals surface area contributed by atoms with Crippen molar-refractivity contribution in [2.45, 2.75) is 13.1 Å². The van der Waals surface area contributed by atoms with Crippen LogP contribution in [0.1, 0.15) is 10.4 Å². The Bertz CT molecular complexity index is 1060. The number of ether oxygens (including phenoxy) is 2. The molecule has 2 aromatic carbocycles.